The lowest BCUT2D eigenvalue weighted by Crippen LogP contribution is -1.90. The molecule has 1 heteroatoms. The number of hydrogen-bond acceptors (Lipinski definition) is 1. The van der Waals surface area contributed by atoms with Crippen LogP contribution in [0.5, 0.6) is 0 Å². The minimum atomic E-state index is -0.794. The second-order valence-corrected chi connectivity index (χ2v) is 11.0. The van der Waals surface area contributed by atoms with Gasteiger partial charge in [-0.15, -0.1) is 0 Å². The minimum absolute atomic E-state index is 0.0921. The van der Waals surface area contributed by atoms with Crippen LogP contribution in [0.15, 0.2) is 186 Å². The highest BCUT2D eigenvalue weighted by molar-refractivity contribution is 6.21. The van der Waals surface area contributed by atoms with Crippen LogP contribution in [0, 0.1) is 0 Å². The van der Waals surface area contributed by atoms with E-state index in [4.69, 9.17) is 27.7 Å². The number of para-hydroxylation sites is 1. The van der Waals surface area contributed by atoms with Crippen molar-refractivity contribution in [1.29, 1.82) is 0 Å². The maximum Gasteiger partial charge on any atom is 0.143 e. The molecule has 0 aliphatic rings. The van der Waals surface area contributed by atoms with Crippen molar-refractivity contribution in [1.82, 2.24) is 0 Å². The summed E-state index contributed by atoms with van der Waals surface area (Å²) in [5.74, 6) is 0. The van der Waals surface area contributed by atoms with E-state index in [1.54, 1.807) is 24.3 Å². The number of furan rings is 1. The SMILES string of the molecule is [2H]c1c([2H])c([2H])c(-c2c([2H])c([2H])c([2H])c3c2oc2c([2H])c(-c4ccc5cc(-c6c7c([2H])c([2H])c([2H])c([2H])c7c(-c7c([2H])c([2H])c([2H])c([2H])c7[2H])c7c([2H])c([2H])c([2H])c([2H])c67)ccc5c4)c([2H])c([2H])c23)c([2H])c1[2H]. The van der Waals surface area contributed by atoms with E-state index in [1.807, 2.05) is 0 Å². The van der Waals surface area contributed by atoms with Crippen LogP contribution in [0.25, 0.3) is 98.8 Å². The third-order valence-corrected chi connectivity index (χ3v) is 8.35. The van der Waals surface area contributed by atoms with Crippen molar-refractivity contribution in [2.24, 2.45) is 0 Å². The molecule has 0 atom stereocenters. The molecule has 1 heterocycles. The minimum Gasteiger partial charge on any atom is -0.455 e. The highest BCUT2D eigenvalue weighted by atomic mass is 16.3. The normalized spacial score (nSPS) is 18.5. The van der Waals surface area contributed by atoms with Crippen molar-refractivity contribution in [2.45, 2.75) is 0 Å². The molecule has 228 valence electrons. The first kappa shape index (κ1) is 12.9. The van der Waals surface area contributed by atoms with Crippen molar-refractivity contribution in [3.63, 3.8) is 0 Å². The van der Waals surface area contributed by atoms with Crippen molar-refractivity contribution in [3.8, 4) is 44.5 Å². The molecule has 0 bridgehead atoms. The zero-order valence-electron chi connectivity index (χ0n) is 48.9. The molecule has 0 radical (unpaired) electrons. The third kappa shape index (κ3) is 4.47. The molecule has 0 N–H and O–H groups in total. The van der Waals surface area contributed by atoms with Crippen LogP contribution in [0.3, 0.4) is 0 Å². The second kappa shape index (κ2) is 11.1. The number of fused-ring (bicyclic) bond motifs is 6. The van der Waals surface area contributed by atoms with E-state index >= 15 is 0 Å². The molecule has 0 aliphatic carbocycles. The van der Waals surface area contributed by atoms with Gasteiger partial charge in [0.15, 0.2) is 0 Å². The molecule has 0 aliphatic heterocycles. The molecule has 1 aromatic heterocycles. The van der Waals surface area contributed by atoms with Crippen molar-refractivity contribution >= 4 is 54.3 Å². The number of benzene rings is 9. The Balaban J connectivity index is 1.25. The van der Waals surface area contributed by atoms with Crippen LogP contribution in [0.4, 0.5) is 0 Å². The highest BCUT2D eigenvalue weighted by Gasteiger charge is 2.17. The first-order valence-electron chi connectivity index (χ1n) is 26.9. The van der Waals surface area contributed by atoms with E-state index in [9.17, 15) is 9.60 Å². The van der Waals surface area contributed by atoms with Crippen LogP contribution in [0.2, 0.25) is 0 Å². The fraction of sp³-hybridized carbons (Fsp3) is 0. The van der Waals surface area contributed by atoms with Crippen molar-refractivity contribution in [2.75, 3.05) is 0 Å². The fourth-order valence-electron chi connectivity index (χ4n) is 6.21. The third-order valence-electron chi connectivity index (χ3n) is 8.35. The lowest BCUT2D eigenvalue weighted by molar-refractivity contribution is 0.670. The lowest BCUT2D eigenvalue weighted by atomic mass is 9.85. The average molecular weight is 647 g/mol. The maximum atomic E-state index is 9.38. The lowest BCUT2D eigenvalue weighted by Gasteiger charge is -2.18. The zero-order chi connectivity index (χ0) is 53.2. The summed E-state index contributed by atoms with van der Waals surface area (Å²) in [6.45, 7) is 0. The van der Waals surface area contributed by atoms with E-state index in [0.717, 1.165) is 0 Å². The molecule has 10 aromatic rings. The summed E-state index contributed by atoms with van der Waals surface area (Å²) in [6.07, 6.45) is 0. The Morgan fingerprint density at radius 3 is 1.55 bits per heavy atom. The predicted octanol–water partition coefficient (Wildman–Crippen LogP) is 13.7. The summed E-state index contributed by atoms with van der Waals surface area (Å²) < 4.78 is 217. The molecule has 0 saturated carbocycles. The fourth-order valence-corrected chi connectivity index (χ4v) is 6.21. The monoisotopic (exact) mass is 646 g/mol. The summed E-state index contributed by atoms with van der Waals surface area (Å²) in [5.41, 5.74) is -2.53. The standard InChI is InChI=1S/C48H30O/c1-3-12-31(13-4-1)38-20-11-21-44-39-27-26-36(30-45(39)49-48(38)44)34-22-23-35-29-37(25-24-33(35)28-34)47-42-18-9-7-16-40(42)46(32-14-5-2-6-15-32)41-17-8-10-19-43(41)47/h1-30H/i1D,2D,3D,4D,5D,6D,7D,8D,9D,10D,11D,12D,13D,14D,15D,16D,17D,18D,19D,20D,21D,26D,27D,30D. The Morgan fingerprint density at radius 2 is 0.898 bits per heavy atom. The molecule has 9 aromatic carbocycles. The van der Waals surface area contributed by atoms with Gasteiger partial charge in [-0.25, -0.2) is 0 Å². The molecule has 10 rings (SSSR count). The molecule has 0 spiro atoms. The van der Waals surface area contributed by atoms with Crippen molar-refractivity contribution < 1.29 is 37.3 Å². The zero-order valence-corrected chi connectivity index (χ0v) is 24.9. The molecule has 0 saturated heterocycles. The largest absolute Gasteiger partial charge is 0.455 e. The molecule has 0 fully saturated rings. The van der Waals surface area contributed by atoms with E-state index in [2.05, 4.69) is 0 Å². The molecular formula is C48H30O. The Bertz CT molecular complexity index is 4120. The molecule has 0 unspecified atom stereocenters. The van der Waals surface area contributed by atoms with Gasteiger partial charge in [0, 0.05) is 16.3 Å². The van der Waals surface area contributed by atoms with Gasteiger partial charge < -0.3 is 4.42 Å². The van der Waals surface area contributed by atoms with Gasteiger partial charge in [0.05, 0.1) is 32.9 Å². The van der Waals surface area contributed by atoms with E-state index in [-0.39, 0.29) is 60.2 Å². The Kier molecular flexibility index (Phi) is 2.91. The molecule has 49 heavy (non-hydrogen) atoms. The Labute approximate surface area is 318 Å². The van der Waals surface area contributed by atoms with Gasteiger partial charge in [-0.2, -0.15) is 0 Å². The van der Waals surface area contributed by atoms with Gasteiger partial charge in [0.2, 0.25) is 0 Å². The smallest absolute Gasteiger partial charge is 0.143 e. The first-order chi connectivity index (χ1) is 34.3. The van der Waals surface area contributed by atoms with Gasteiger partial charge in [-0.1, -0.05) is 157 Å². The average Bonchev–Trinajstić information content (AvgIpc) is 3.78. The first-order valence-corrected chi connectivity index (χ1v) is 14.9. The van der Waals surface area contributed by atoms with Crippen LogP contribution in [-0.2, 0) is 0 Å². The van der Waals surface area contributed by atoms with E-state index in [1.165, 1.54) is 12.1 Å². The van der Waals surface area contributed by atoms with Crippen LogP contribution in [0.1, 0.15) is 32.9 Å². The van der Waals surface area contributed by atoms with Gasteiger partial charge >= 0.3 is 0 Å². The Hall–Kier alpha value is -6.44. The van der Waals surface area contributed by atoms with Gasteiger partial charge in [-0.3, -0.25) is 0 Å². The molecule has 0 amide bonds. The predicted molar refractivity (Wildman–Crippen MR) is 208 cm³/mol. The highest BCUT2D eigenvalue weighted by Crippen LogP contribution is 2.44. The van der Waals surface area contributed by atoms with E-state index in [0.29, 0.717) is 10.8 Å². The van der Waals surface area contributed by atoms with E-state index < -0.39 is 173 Å². The van der Waals surface area contributed by atoms with Crippen molar-refractivity contribution in [3.05, 3.63) is 181 Å². The van der Waals surface area contributed by atoms with Gasteiger partial charge in [0.25, 0.3) is 0 Å². The molecular weight excluding hydrogens is 593 g/mol. The van der Waals surface area contributed by atoms with Crippen LogP contribution < -0.4 is 0 Å². The summed E-state index contributed by atoms with van der Waals surface area (Å²) in [7, 11) is 0. The van der Waals surface area contributed by atoms with Gasteiger partial charge in [0.1, 0.15) is 11.2 Å². The van der Waals surface area contributed by atoms with Crippen LogP contribution >= 0.6 is 0 Å². The topological polar surface area (TPSA) is 13.1 Å². The molecule has 1 nitrogen and oxygen atoms in total. The summed E-state index contributed by atoms with van der Waals surface area (Å²) in [5, 5.41) is -0.982. The summed E-state index contributed by atoms with van der Waals surface area (Å²) in [6, 6.07) is -7.61. The quantitative estimate of drug-likeness (QED) is 0.173. The maximum absolute atomic E-state index is 9.38. The number of hydrogen-bond donors (Lipinski definition) is 0. The Morgan fingerprint density at radius 1 is 0.367 bits per heavy atom. The summed E-state index contributed by atoms with van der Waals surface area (Å²) in [4.78, 5) is 0. The van der Waals surface area contributed by atoms with Crippen LogP contribution in [-0.4, -0.2) is 0 Å². The second-order valence-electron chi connectivity index (χ2n) is 11.0. The number of rotatable bonds is 4. The summed E-state index contributed by atoms with van der Waals surface area (Å²) >= 11 is 0. The van der Waals surface area contributed by atoms with Gasteiger partial charge in [-0.05, 0) is 95.5 Å².